The molecule has 1 nitrogen and oxygen atoms in total. The molecule has 1 N–H and O–H groups in total. The van der Waals surface area contributed by atoms with Gasteiger partial charge in [-0.15, -0.1) is 11.3 Å². The number of thiophene rings is 1. The van der Waals surface area contributed by atoms with Crippen LogP contribution in [-0.2, 0) is 0 Å². The summed E-state index contributed by atoms with van der Waals surface area (Å²) in [5.41, 5.74) is 1.31. The van der Waals surface area contributed by atoms with E-state index in [2.05, 4.69) is 53.8 Å². The van der Waals surface area contributed by atoms with Gasteiger partial charge in [-0.1, -0.05) is 26.0 Å². The van der Waals surface area contributed by atoms with Gasteiger partial charge in [0, 0.05) is 10.9 Å². The molecule has 15 heavy (non-hydrogen) atoms. The fraction of sp³-hybridized carbons (Fsp3) is 0.500. The van der Waals surface area contributed by atoms with Gasteiger partial charge in [0.15, 0.2) is 0 Å². The maximum absolute atomic E-state index is 4.08. The molecule has 84 valence electrons. The van der Waals surface area contributed by atoms with Gasteiger partial charge in [0.2, 0.25) is 0 Å². The van der Waals surface area contributed by atoms with Gasteiger partial charge in [-0.25, -0.2) is 0 Å². The first-order valence-corrected chi connectivity index (χ1v) is 6.93. The molecule has 0 saturated heterocycles. The van der Waals surface area contributed by atoms with E-state index < -0.39 is 0 Å². The van der Waals surface area contributed by atoms with Crippen LogP contribution in [0.5, 0.6) is 0 Å². The van der Waals surface area contributed by atoms with Gasteiger partial charge < -0.3 is 5.32 Å². The van der Waals surface area contributed by atoms with Crippen molar-refractivity contribution in [1.82, 2.24) is 5.32 Å². The number of hydrogen-bond acceptors (Lipinski definition) is 2. The molecule has 0 saturated carbocycles. The van der Waals surface area contributed by atoms with Crippen LogP contribution in [0.1, 0.15) is 37.6 Å². The second-order valence-electron chi connectivity index (χ2n) is 3.56. The number of nitrogens with one attached hydrogen (secondary N) is 1. The van der Waals surface area contributed by atoms with E-state index in [0.29, 0.717) is 6.04 Å². The topological polar surface area (TPSA) is 12.0 Å². The van der Waals surface area contributed by atoms with Crippen LogP contribution in [0.2, 0.25) is 0 Å². The Bertz CT molecular complexity index is 319. The van der Waals surface area contributed by atoms with Crippen molar-refractivity contribution in [3.63, 3.8) is 0 Å². The Labute approximate surface area is 105 Å². The molecule has 0 aliphatic carbocycles. The second kappa shape index (κ2) is 6.46. The molecule has 0 radical (unpaired) electrons. The summed E-state index contributed by atoms with van der Waals surface area (Å²) in [7, 11) is 0. The Morgan fingerprint density at radius 2 is 2.27 bits per heavy atom. The largest absolute Gasteiger partial charge is 0.309 e. The molecule has 0 aliphatic rings. The van der Waals surface area contributed by atoms with Gasteiger partial charge in [-0.05, 0) is 47.4 Å². The summed E-state index contributed by atoms with van der Waals surface area (Å²) in [6.07, 6.45) is 2.10. The number of hydrogen-bond donors (Lipinski definition) is 1. The molecule has 1 aromatic heterocycles. The van der Waals surface area contributed by atoms with Crippen LogP contribution in [0.15, 0.2) is 28.1 Å². The van der Waals surface area contributed by atoms with Crippen molar-refractivity contribution in [2.45, 2.75) is 32.7 Å². The summed E-state index contributed by atoms with van der Waals surface area (Å²) < 4.78 is 1.20. The molecule has 0 amide bonds. The molecule has 1 heterocycles. The zero-order valence-corrected chi connectivity index (χ0v) is 11.7. The maximum Gasteiger partial charge on any atom is 0.0701 e. The minimum Gasteiger partial charge on any atom is -0.309 e. The highest BCUT2D eigenvalue weighted by molar-refractivity contribution is 9.11. The quantitative estimate of drug-likeness (QED) is 0.759. The van der Waals surface area contributed by atoms with E-state index >= 15 is 0 Å². The fourth-order valence-corrected chi connectivity index (χ4v) is 2.97. The van der Waals surface area contributed by atoms with Crippen molar-refractivity contribution < 1.29 is 0 Å². The first-order valence-electron chi connectivity index (χ1n) is 5.32. The molecule has 0 bridgehead atoms. The second-order valence-corrected chi connectivity index (χ2v) is 6.05. The summed E-state index contributed by atoms with van der Waals surface area (Å²) >= 11 is 5.30. The first kappa shape index (κ1) is 12.9. The number of halogens is 1. The highest BCUT2D eigenvalue weighted by Gasteiger charge is 2.12. The van der Waals surface area contributed by atoms with Crippen LogP contribution < -0.4 is 5.32 Å². The van der Waals surface area contributed by atoms with Gasteiger partial charge in [0.25, 0.3) is 0 Å². The first-order chi connectivity index (χ1) is 7.17. The van der Waals surface area contributed by atoms with Crippen molar-refractivity contribution in [2.24, 2.45) is 0 Å². The van der Waals surface area contributed by atoms with Crippen molar-refractivity contribution in [2.75, 3.05) is 6.54 Å². The molecular weight excluding hydrogens is 270 g/mol. The summed E-state index contributed by atoms with van der Waals surface area (Å²) in [4.78, 5) is 1.39. The van der Waals surface area contributed by atoms with E-state index in [1.807, 2.05) is 0 Å². The van der Waals surface area contributed by atoms with Crippen LogP contribution in [0.25, 0.3) is 0 Å². The zero-order chi connectivity index (χ0) is 11.3. The monoisotopic (exact) mass is 287 g/mol. The summed E-state index contributed by atoms with van der Waals surface area (Å²) in [5.74, 6) is 0. The van der Waals surface area contributed by atoms with Crippen LogP contribution in [0, 0.1) is 0 Å². The average molecular weight is 288 g/mol. The predicted octanol–water partition coefficient (Wildman–Crippen LogP) is 4.52. The summed E-state index contributed by atoms with van der Waals surface area (Å²) in [6, 6.07) is 4.73. The highest BCUT2D eigenvalue weighted by atomic mass is 79.9. The van der Waals surface area contributed by atoms with E-state index in [0.717, 1.165) is 19.4 Å². The van der Waals surface area contributed by atoms with E-state index in [1.54, 1.807) is 11.3 Å². The third-order valence-electron chi connectivity index (χ3n) is 2.38. The van der Waals surface area contributed by atoms with Crippen molar-refractivity contribution >= 4 is 27.3 Å². The molecule has 0 aliphatic heterocycles. The van der Waals surface area contributed by atoms with E-state index in [4.69, 9.17) is 0 Å². The lowest BCUT2D eigenvalue weighted by molar-refractivity contribution is 0.551. The van der Waals surface area contributed by atoms with E-state index in [1.165, 1.54) is 14.2 Å². The van der Waals surface area contributed by atoms with Crippen LogP contribution in [0.3, 0.4) is 0 Å². The average Bonchev–Trinajstić information content (AvgIpc) is 2.64. The molecule has 0 fully saturated rings. The minimum absolute atomic E-state index is 0.429. The molecule has 3 heteroatoms. The SMILES string of the molecule is C=C(CC)CC(NCC)c1ccc(Br)s1. The summed E-state index contributed by atoms with van der Waals surface area (Å²) in [5, 5.41) is 3.51. The molecule has 0 aromatic carbocycles. The Hall–Kier alpha value is -0.120. The van der Waals surface area contributed by atoms with Crippen molar-refractivity contribution in [3.8, 4) is 0 Å². The van der Waals surface area contributed by atoms with Crippen LogP contribution >= 0.6 is 27.3 Å². The Morgan fingerprint density at radius 1 is 1.53 bits per heavy atom. The molecule has 1 unspecified atom stereocenters. The smallest absolute Gasteiger partial charge is 0.0701 e. The third kappa shape index (κ3) is 4.09. The highest BCUT2D eigenvalue weighted by Crippen LogP contribution is 2.30. The third-order valence-corrected chi connectivity index (χ3v) is 4.12. The Morgan fingerprint density at radius 3 is 2.73 bits per heavy atom. The Kier molecular flexibility index (Phi) is 5.58. The van der Waals surface area contributed by atoms with E-state index in [-0.39, 0.29) is 0 Å². The summed E-state index contributed by atoms with van der Waals surface area (Å²) in [6.45, 7) is 9.38. The van der Waals surface area contributed by atoms with Crippen LogP contribution in [0.4, 0.5) is 0 Å². The van der Waals surface area contributed by atoms with E-state index in [9.17, 15) is 0 Å². The standard InChI is InChI=1S/C12H18BrNS/c1-4-9(3)8-10(14-5-2)11-6-7-12(13)15-11/h6-7,10,14H,3-5,8H2,1-2H3. The lowest BCUT2D eigenvalue weighted by atomic mass is 10.0. The van der Waals surface area contributed by atoms with Gasteiger partial charge in [-0.3, -0.25) is 0 Å². The van der Waals surface area contributed by atoms with Gasteiger partial charge >= 0.3 is 0 Å². The molecular formula is C12H18BrNS. The lowest BCUT2D eigenvalue weighted by Gasteiger charge is -2.17. The number of rotatable bonds is 6. The molecule has 1 aromatic rings. The lowest BCUT2D eigenvalue weighted by Crippen LogP contribution is -2.20. The van der Waals surface area contributed by atoms with Crippen LogP contribution in [-0.4, -0.2) is 6.54 Å². The fourth-order valence-electron chi connectivity index (χ4n) is 1.47. The minimum atomic E-state index is 0.429. The van der Waals surface area contributed by atoms with Gasteiger partial charge in [0.1, 0.15) is 0 Å². The maximum atomic E-state index is 4.08. The normalized spacial score (nSPS) is 12.7. The van der Waals surface area contributed by atoms with Gasteiger partial charge in [-0.2, -0.15) is 0 Å². The van der Waals surface area contributed by atoms with Crippen molar-refractivity contribution in [1.29, 1.82) is 0 Å². The molecule has 0 spiro atoms. The van der Waals surface area contributed by atoms with Crippen molar-refractivity contribution in [3.05, 3.63) is 32.9 Å². The molecule has 1 rings (SSSR count). The Balaban J connectivity index is 2.69. The van der Waals surface area contributed by atoms with Gasteiger partial charge in [0.05, 0.1) is 3.79 Å². The molecule has 1 atom stereocenters. The zero-order valence-electron chi connectivity index (χ0n) is 9.35. The predicted molar refractivity (Wildman–Crippen MR) is 72.5 cm³/mol.